The number of alkyl halides is 4. The number of aromatic nitrogens is 8. The number of aromatic hydroxyl groups is 1. The number of benzene rings is 3. The average Bonchev–Trinajstić information content (AvgIpc) is 1.43. The first-order valence-corrected chi connectivity index (χ1v) is 37.0. The summed E-state index contributed by atoms with van der Waals surface area (Å²) < 4.78 is 87.2. The zero-order valence-electron chi connectivity index (χ0n) is 61.9. The molecule has 0 spiro atoms. The van der Waals surface area contributed by atoms with Gasteiger partial charge >= 0.3 is 6.17 Å². The zero-order valence-corrected chi connectivity index (χ0v) is 63.4. The topological polar surface area (TPSA) is 454 Å². The van der Waals surface area contributed by atoms with Crippen LogP contribution in [0.1, 0.15) is 106 Å². The van der Waals surface area contributed by atoms with E-state index < -0.39 is 128 Å². The summed E-state index contributed by atoms with van der Waals surface area (Å²) in [6, 6.07) is 16.2. The van der Waals surface area contributed by atoms with Gasteiger partial charge in [0, 0.05) is 102 Å². The Labute approximate surface area is 672 Å². The summed E-state index contributed by atoms with van der Waals surface area (Å²) in [6.07, 6.45) is 6.77. The molecule has 7 heterocycles. The third-order valence-electron chi connectivity index (χ3n) is 18.5. The van der Waals surface area contributed by atoms with E-state index in [0.717, 1.165) is 0 Å². The summed E-state index contributed by atoms with van der Waals surface area (Å²) in [6.45, 7) is 4.80. The van der Waals surface area contributed by atoms with Crippen LogP contribution in [0.4, 0.5) is 17.6 Å². The Morgan fingerprint density at radius 1 is 0.632 bits per heavy atom. The van der Waals surface area contributed by atoms with Crippen molar-refractivity contribution in [1.82, 2.24) is 81.7 Å². The Bertz CT molecular complexity index is 4900. The van der Waals surface area contributed by atoms with E-state index in [1.807, 2.05) is 0 Å². The summed E-state index contributed by atoms with van der Waals surface area (Å²) in [4.78, 5) is 142. The summed E-state index contributed by atoms with van der Waals surface area (Å²) in [5.41, 5.74) is 2.46. The van der Waals surface area contributed by atoms with E-state index in [1.165, 1.54) is 76.4 Å². The quantitative estimate of drug-likeness (QED) is 0.0166. The molecule has 0 radical (unpaired) electrons. The molecular weight excluding hydrogens is 1580 g/mol. The van der Waals surface area contributed by atoms with Gasteiger partial charge in [0.25, 0.3) is 35.5 Å². The lowest BCUT2D eigenvalue weighted by Gasteiger charge is -2.36. The predicted molar refractivity (Wildman–Crippen MR) is 398 cm³/mol. The minimum absolute atomic E-state index is 0.0174. The first kappa shape index (κ1) is 85.2. The summed E-state index contributed by atoms with van der Waals surface area (Å²) in [7, 11) is 0. The molecule has 4 aliphatic rings. The smallest absolute Gasteiger partial charge is 0.306 e. The number of ketones is 1. The molecule has 1 aliphatic carbocycles. The van der Waals surface area contributed by atoms with Gasteiger partial charge in [-0.2, -0.15) is 5.26 Å². The highest BCUT2D eigenvalue weighted by Gasteiger charge is 2.51. The molecular formula is C76H73Cl2F4N18O17-. The monoisotopic (exact) mass is 1660 g/mol. The maximum absolute atomic E-state index is 14.1. The zero-order chi connectivity index (χ0) is 83.5. The van der Waals surface area contributed by atoms with Crippen LogP contribution in [-0.2, 0) is 69.1 Å². The molecule has 612 valence electrons. The minimum atomic E-state index is -3.24. The van der Waals surface area contributed by atoms with Gasteiger partial charge in [-0.3, -0.25) is 62.9 Å². The van der Waals surface area contributed by atoms with Crippen molar-refractivity contribution in [3.63, 3.8) is 0 Å². The first-order chi connectivity index (χ1) is 56.1. The molecule has 2 fully saturated rings. The fourth-order valence-electron chi connectivity index (χ4n) is 12.8. The normalized spacial score (nSPS) is 16.8. The lowest BCUT2D eigenvalue weighted by molar-refractivity contribution is -0.255. The van der Waals surface area contributed by atoms with Gasteiger partial charge in [-0.25, -0.2) is 33.5 Å². The van der Waals surface area contributed by atoms with Crippen LogP contribution in [0.15, 0.2) is 116 Å². The number of aromatic carboxylic acids is 1. The van der Waals surface area contributed by atoms with Crippen LogP contribution in [-0.4, -0.2) is 230 Å². The third-order valence-corrected chi connectivity index (χ3v) is 19.2. The Hall–Kier alpha value is -12.7. The van der Waals surface area contributed by atoms with Crippen molar-refractivity contribution in [1.29, 1.82) is 5.26 Å². The van der Waals surface area contributed by atoms with Crippen LogP contribution < -0.4 is 41.7 Å². The molecule has 4 aromatic heterocycles. The van der Waals surface area contributed by atoms with Crippen molar-refractivity contribution in [2.24, 2.45) is 5.92 Å². The Morgan fingerprint density at radius 2 is 1.15 bits per heavy atom. The van der Waals surface area contributed by atoms with Gasteiger partial charge in [-0.1, -0.05) is 51.8 Å². The van der Waals surface area contributed by atoms with Crippen molar-refractivity contribution in [2.75, 3.05) is 92.1 Å². The number of pyridine rings is 2. The summed E-state index contributed by atoms with van der Waals surface area (Å²) in [5, 5.41) is 64.8. The number of hydrogen-bond donors (Lipinski definition) is 7. The highest BCUT2D eigenvalue weighted by atomic mass is 35.5. The van der Waals surface area contributed by atoms with E-state index in [-0.39, 0.29) is 183 Å². The predicted octanol–water partition coefficient (Wildman–Crippen LogP) is 3.50. The molecule has 4 atom stereocenters. The number of nitrogens with zero attached hydrogens (tertiary/aromatic N) is 12. The Balaban J connectivity index is 0.641. The molecule has 8 amide bonds. The van der Waals surface area contributed by atoms with Crippen molar-refractivity contribution < 1.29 is 99.4 Å². The van der Waals surface area contributed by atoms with Crippen LogP contribution in [0.2, 0.25) is 10.0 Å². The number of hydrogen-bond acceptors (Lipinski definition) is 24. The number of phenols is 1. The number of nitriles is 1. The van der Waals surface area contributed by atoms with E-state index in [2.05, 4.69) is 67.3 Å². The highest BCUT2D eigenvalue weighted by Crippen LogP contribution is 2.49. The minimum Gasteiger partial charge on any atom is -0.545 e. The Morgan fingerprint density at radius 3 is 1.70 bits per heavy atom. The molecule has 3 aliphatic heterocycles. The molecule has 11 rings (SSSR count). The number of rotatable bonds is 37. The van der Waals surface area contributed by atoms with Gasteiger partial charge < -0.3 is 75.5 Å². The Kier molecular flexibility index (Phi) is 28.5. The second-order valence-electron chi connectivity index (χ2n) is 26.9. The molecule has 117 heavy (non-hydrogen) atoms. The van der Waals surface area contributed by atoms with E-state index in [0.29, 0.717) is 37.9 Å². The largest absolute Gasteiger partial charge is 0.545 e. The fourth-order valence-corrected chi connectivity index (χ4v) is 13.1. The molecule has 0 bridgehead atoms. The second kappa shape index (κ2) is 39.1. The van der Waals surface area contributed by atoms with Crippen molar-refractivity contribution in [2.45, 2.75) is 81.8 Å². The molecule has 7 aromatic rings. The number of nitrogens with one attached hydrogen (secondary N) is 6. The number of carboxylic acids is 1. The maximum Gasteiger partial charge on any atom is 0.306 e. The van der Waals surface area contributed by atoms with Gasteiger partial charge in [0.1, 0.15) is 41.1 Å². The number of carbonyl (C=O) groups excluding carboxylic acids is 10. The van der Waals surface area contributed by atoms with E-state index in [9.17, 15) is 81.0 Å². The molecule has 0 saturated carbocycles. The SMILES string of the molecule is [C-]#[N+][C@@H]1CC(F)(F)CN1C(=O)CNC(=O)c1cc(CNC(=O)CCOCCOCCn2cc(-c3cc(C(=O)NCCNC(=O)c4ccc(C5c6ccc(O)cc6OC6=CC(=O)C=CC65)c(C(=O)[O-])c4)cc(-c4cn(CCOCCOCCC(=O)NCc5cc(C(=O)NCC(=O)N6CC(F)(F)C[C@@H]6C#N)c(Cl)cn5)nn4)c3)nn2)ncc1Cl. The number of phenolic OH excluding ortho intramolecular Hbond substituents is 1. The van der Waals surface area contributed by atoms with Crippen LogP contribution in [0, 0.1) is 23.8 Å². The molecule has 2 saturated heterocycles. The maximum atomic E-state index is 14.1. The molecule has 2 unspecified atom stereocenters. The van der Waals surface area contributed by atoms with Gasteiger partial charge in [-0.15, -0.1) is 10.2 Å². The van der Waals surface area contributed by atoms with E-state index in [4.69, 9.17) is 53.5 Å². The third kappa shape index (κ3) is 22.9. The summed E-state index contributed by atoms with van der Waals surface area (Å²) >= 11 is 12.4. The number of amides is 8. The van der Waals surface area contributed by atoms with Gasteiger partial charge in [0.15, 0.2) is 5.78 Å². The van der Waals surface area contributed by atoms with E-state index in [1.54, 1.807) is 48.8 Å². The first-order valence-electron chi connectivity index (χ1n) is 36.2. The molecule has 7 N–H and O–H groups in total. The highest BCUT2D eigenvalue weighted by molar-refractivity contribution is 6.34. The summed E-state index contributed by atoms with van der Waals surface area (Å²) in [5.74, 6) is -14.8. The number of halogens is 6. The van der Waals surface area contributed by atoms with Crippen LogP contribution in [0.25, 0.3) is 27.4 Å². The number of carboxylic acid groups (broad SMARTS) is 1. The van der Waals surface area contributed by atoms with Crippen LogP contribution in [0.5, 0.6) is 11.5 Å². The second-order valence-corrected chi connectivity index (χ2v) is 27.7. The lowest BCUT2D eigenvalue weighted by Crippen LogP contribution is -2.43. The fraction of sp³-hybridized carbons (Fsp3) is 0.368. The van der Waals surface area contributed by atoms with Crippen molar-refractivity contribution in [3.05, 3.63) is 187 Å². The van der Waals surface area contributed by atoms with Gasteiger partial charge in [0.2, 0.25) is 23.6 Å². The number of fused-ring (bicyclic) bond motifs is 2. The standard InChI is InChI=1S/C76H74Cl2F4N18O17/c1-84-64-31-76(81,82)42-100(64)68(106)38-92-73(110)57-27-48(88-36-59(57)78)34-90-66(104)9-15-114-19-21-116-17-13-98-40-61(94-96-98)45-22-44(23-46(24-45)71(108)86-11-10-85-70(107)43-2-5-52(55(25-43)74(111)112)69-53-6-3-50(101)28-62(53)117-63-29-51(102)4-7-54(63)69)60-39-97(95-93-60)12-16-115-20-18-113-14-8-65(103)89-33-47-26-56(58(77)35-87-47)72(109)91-37-67(105)99-41-75(79,80)30-49(99)32-83/h2-7,22-29,35-36,39-40,49,53,64,69,102H,8-21,30-31,33-34,37-38,41-42H2,(H,85,107)(H,86,108)(H,89,103)(H,90,104)(H,91,109)(H,92,110)(H,111,112)/p-1/t49-,53?,64+,69?/m1/s1. The molecule has 35 nitrogen and oxygen atoms in total. The number of allylic oxidation sites excluding steroid dienone is 3. The van der Waals surface area contributed by atoms with Crippen molar-refractivity contribution >= 4 is 82.2 Å². The number of ether oxygens (including phenoxy) is 5. The van der Waals surface area contributed by atoms with Crippen LogP contribution in [0.3, 0.4) is 0 Å². The number of carbonyl (C=O) groups is 10. The molecule has 41 heteroatoms. The average molecular weight is 1660 g/mol. The lowest BCUT2D eigenvalue weighted by atomic mass is 9.74. The van der Waals surface area contributed by atoms with Gasteiger partial charge in [0.05, 0.1) is 162 Å². The number of likely N-dealkylation sites (tertiary alicyclic amines) is 2. The molecule has 3 aromatic carbocycles. The van der Waals surface area contributed by atoms with E-state index >= 15 is 0 Å². The van der Waals surface area contributed by atoms with Gasteiger partial charge in [-0.05, 0) is 60.2 Å². The van der Waals surface area contributed by atoms with Crippen molar-refractivity contribution in [3.8, 4) is 40.1 Å². The van der Waals surface area contributed by atoms with Crippen LogP contribution >= 0.6 is 23.2 Å².